The van der Waals surface area contributed by atoms with Gasteiger partial charge in [0, 0.05) is 23.8 Å². The fourth-order valence-corrected chi connectivity index (χ4v) is 4.13. The fraction of sp³-hybridized carbons (Fsp3) is 0.632. The minimum absolute atomic E-state index is 0.313. The largest absolute Gasteiger partial charge is 0.360 e. The lowest BCUT2D eigenvalue weighted by Gasteiger charge is -2.35. The van der Waals surface area contributed by atoms with Crippen LogP contribution in [0.3, 0.4) is 0 Å². The molecule has 0 bridgehead atoms. The summed E-state index contributed by atoms with van der Waals surface area (Å²) in [7, 11) is 2.00. The molecule has 1 saturated heterocycles. The van der Waals surface area contributed by atoms with Gasteiger partial charge in [0.05, 0.1) is 26.2 Å². The van der Waals surface area contributed by atoms with Crippen LogP contribution in [0.2, 0.25) is 5.02 Å². The maximum absolute atomic E-state index is 12.6. The Labute approximate surface area is 150 Å². The summed E-state index contributed by atoms with van der Waals surface area (Å²) in [4.78, 5) is 18.4. The smallest absolute Gasteiger partial charge is 0.277 e. The fourth-order valence-electron chi connectivity index (χ4n) is 3.94. The van der Waals surface area contributed by atoms with Crippen LogP contribution in [0.4, 0.5) is 5.69 Å². The van der Waals surface area contributed by atoms with E-state index in [1.807, 2.05) is 30.1 Å². The van der Waals surface area contributed by atoms with Crippen molar-refractivity contribution >= 4 is 23.2 Å². The molecule has 1 N–H and O–H groups in total. The SMILES string of the molecule is CN(C(=O)C[NH+]1CCN(c2cccc(Cl)c2)CC1)C1CCCCC1. The van der Waals surface area contributed by atoms with Crippen molar-refractivity contribution < 1.29 is 9.69 Å². The average molecular weight is 351 g/mol. The third-order valence-electron chi connectivity index (χ3n) is 5.56. The van der Waals surface area contributed by atoms with E-state index in [0.29, 0.717) is 18.5 Å². The highest BCUT2D eigenvalue weighted by Gasteiger charge is 2.27. The summed E-state index contributed by atoms with van der Waals surface area (Å²) in [6, 6.07) is 8.51. The zero-order chi connectivity index (χ0) is 16.9. The molecular formula is C19H29ClN3O+. The number of piperazine rings is 1. The zero-order valence-corrected chi connectivity index (χ0v) is 15.4. The van der Waals surface area contributed by atoms with E-state index in [4.69, 9.17) is 11.6 Å². The molecule has 2 fully saturated rings. The standard InChI is InChI=1S/C19H28ClN3O/c1-21(17-7-3-2-4-8-17)19(24)15-22-10-12-23(13-11-22)18-9-5-6-16(20)14-18/h5-6,9,14,17H,2-4,7-8,10-13,15H2,1H3/p+1. The number of nitrogens with one attached hydrogen (secondary N) is 1. The van der Waals surface area contributed by atoms with E-state index in [1.54, 1.807) is 0 Å². The van der Waals surface area contributed by atoms with E-state index in [2.05, 4.69) is 11.0 Å². The van der Waals surface area contributed by atoms with Crippen LogP contribution in [0.5, 0.6) is 0 Å². The molecule has 1 aromatic carbocycles. The molecule has 0 atom stereocenters. The van der Waals surface area contributed by atoms with Crippen LogP contribution in [0.15, 0.2) is 24.3 Å². The van der Waals surface area contributed by atoms with Crippen LogP contribution >= 0.6 is 11.6 Å². The van der Waals surface area contributed by atoms with E-state index < -0.39 is 0 Å². The van der Waals surface area contributed by atoms with Gasteiger partial charge >= 0.3 is 0 Å². The lowest BCUT2D eigenvalue weighted by molar-refractivity contribution is -0.892. The third-order valence-corrected chi connectivity index (χ3v) is 5.80. The van der Waals surface area contributed by atoms with E-state index >= 15 is 0 Å². The first kappa shape index (κ1) is 17.6. The zero-order valence-electron chi connectivity index (χ0n) is 14.6. The molecule has 1 saturated carbocycles. The Bertz CT molecular complexity index is 551. The van der Waals surface area contributed by atoms with Crippen molar-refractivity contribution in [3.63, 3.8) is 0 Å². The predicted octanol–water partition coefficient (Wildman–Crippen LogP) is 1.84. The van der Waals surface area contributed by atoms with Gasteiger partial charge in [-0.15, -0.1) is 0 Å². The van der Waals surface area contributed by atoms with E-state index in [1.165, 1.54) is 42.7 Å². The Kier molecular flexibility index (Phi) is 6.01. The van der Waals surface area contributed by atoms with Gasteiger partial charge in [-0.05, 0) is 31.0 Å². The van der Waals surface area contributed by atoms with Crippen molar-refractivity contribution in [2.24, 2.45) is 0 Å². The summed E-state index contributed by atoms with van der Waals surface area (Å²) < 4.78 is 0. The minimum atomic E-state index is 0.313. The van der Waals surface area contributed by atoms with Gasteiger partial charge in [-0.3, -0.25) is 4.79 Å². The van der Waals surface area contributed by atoms with Crippen LogP contribution in [0.1, 0.15) is 32.1 Å². The van der Waals surface area contributed by atoms with Gasteiger partial charge in [-0.1, -0.05) is 36.9 Å². The predicted molar refractivity (Wildman–Crippen MR) is 98.9 cm³/mol. The summed E-state index contributed by atoms with van der Waals surface area (Å²) in [5, 5.41) is 0.784. The highest BCUT2D eigenvalue weighted by molar-refractivity contribution is 6.30. The van der Waals surface area contributed by atoms with Crippen molar-refractivity contribution in [2.45, 2.75) is 38.1 Å². The van der Waals surface area contributed by atoms with Crippen LogP contribution in [0.25, 0.3) is 0 Å². The van der Waals surface area contributed by atoms with Gasteiger partial charge in [-0.25, -0.2) is 0 Å². The van der Waals surface area contributed by atoms with Crippen molar-refractivity contribution in [2.75, 3.05) is 44.7 Å². The molecule has 1 aliphatic carbocycles. The lowest BCUT2D eigenvalue weighted by atomic mass is 9.94. The molecule has 0 aromatic heterocycles. The number of amides is 1. The summed E-state index contributed by atoms with van der Waals surface area (Å²) >= 11 is 6.09. The van der Waals surface area contributed by atoms with Gasteiger partial charge in [0.15, 0.2) is 6.54 Å². The Balaban J connectivity index is 1.47. The van der Waals surface area contributed by atoms with Gasteiger partial charge in [0.2, 0.25) is 0 Å². The number of hydrogen-bond acceptors (Lipinski definition) is 2. The number of halogens is 1. The van der Waals surface area contributed by atoms with Gasteiger partial charge < -0.3 is 14.7 Å². The molecule has 4 nitrogen and oxygen atoms in total. The molecule has 0 spiro atoms. The number of nitrogens with zero attached hydrogens (tertiary/aromatic N) is 2. The third kappa shape index (κ3) is 4.42. The minimum Gasteiger partial charge on any atom is -0.360 e. The van der Waals surface area contributed by atoms with E-state index in [0.717, 1.165) is 31.2 Å². The van der Waals surface area contributed by atoms with Crippen LogP contribution < -0.4 is 9.80 Å². The van der Waals surface area contributed by atoms with Crippen molar-refractivity contribution in [3.8, 4) is 0 Å². The number of anilines is 1. The van der Waals surface area contributed by atoms with E-state index in [9.17, 15) is 4.79 Å². The van der Waals surface area contributed by atoms with Crippen molar-refractivity contribution in [3.05, 3.63) is 29.3 Å². The summed E-state index contributed by atoms with van der Waals surface area (Å²) in [5.41, 5.74) is 1.19. The van der Waals surface area contributed by atoms with Crippen molar-refractivity contribution in [1.82, 2.24) is 4.90 Å². The van der Waals surface area contributed by atoms with Crippen LogP contribution in [0, 0.1) is 0 Å². The Morgan fingerprint density at radius 2 is 1.96 bits per heavy atom. The molecule has 1 aliphatic heterocycles. The molecule has 24 heavy (non-hydrogen) atoms. The lowest BCUT2D eigenvalue weighted by Crippen LogP contribution is -3.16. The number of carbonyl (C=O) groups excluding carboxylic acids is 1. The summed E-state index contributed by atoms with van der Waals surface area (Å²) in [5.74, 6) is 0.313. The molecule has 1 heterocycles. The highest BCUT2D eigenvalue weighted by Crippen LogP contribution is 2.21. The molecule has 1 aromatic rings. The van der Waals surface area contributed by atoms with E-state index in [-0.39, 0.29) is 0 Å². The summed E-state index contributed by atoms with van der Waals surface area (Å²) in [6.45, 7) is 4.62. The molecular weight excluding hydrogens is 322 g/mol. The normalized spacial score (nSPS) is 20.2. The second kappa shape index (κ2) is 8.21. The Morgan fingerprint density at radius 1 is 1.25 bits per heavy atom. The number of likely N-dealkylation sites (N-methyl/N-ethyl adjacent to an activating group) is 1. The highest BCUT2D eigenvalue weighted by atomic mass is 35.5. The first-order valence-electron chi connectivity index (χ1n) is 9.23. The first-order valence-corrected chi connectivity index (χ1v) is 9.61. The number of carbonyl (C=O) groups is 1. The van der Waals surface area contributed by atoms with Gasteiger partial charge in [-0.2, -0.15) is 0 Å². The topological polar surface area (TPSA) is 28.0 Å². The molecule has 132 valence electrons. The Morgan fingerprint density at radius 3 is 2.62 bits per heavy atom. The van der Waals surface area contributed by atoms with Crippen LogP contribution in [-0.2, 0) is 4.79 Å². The molecule has 0 unspecified atom stereocenters. The number of hydrogen-bond donors (Lipinski definition) is 1. The second-order valence-electron chi connectivity index (χ2n) is 7.19. The number of rotatable bonds is 4. The van der Waals surface area contributed by atoms with Crippen LogP contribution in [-0.4, -0.2) is 56.6 Å². The quantitative estimate of drug-likeness (QED) is 0.897. The second-order valence-corrected chi connectivity index (χ2v) is 7.63. The van der Waals surface area contributed by atoms with Crippen molar-refractivity contribution in [1.29, 1.82) is 0 Å². The van der Waals surface area contributed by atoms with Gasteiger partial charge in [0.1, 0.15) is 0 Å². The molecule has 3 rings (SSSR count). The monoisotopic (exact) mass is 350 g/mol. The van der Waals surface area contributed by atoms with Gasteiger partial charge in [0.25, 0.3) is 5.91 Å². The molecule has 1 amide bonds. The summed E-state index contributed by atoms with van der Waals surface area (Å²) in [6.07, 6.45) is 6.23. The molecule has 0 radical (unpaired) electrons. The Hall–Kier alpha value is -1.26. The number of benzene rings is 1. The molecule has 2 aliphatic rings. The number of quaternary nitrogens is 1. The molecule has 5 heteroatoms. The first-order chi connectivity index (χ1) is 11.6. The maximum Gasteiger partial charge on any atom is 0.277 e. The maximum atomic E-state index is 12.6. The average Bonchev–Trinajstić information content (AvgIpc) is 2.62.